The van der Waals surface area contributed by atoms with E-state index in [0.29, 0.717) is 36.1 Å². The van der Waals surface area contributed by atoms with Gasteiger partial charge in [0.15, 0.2) is 0 Å². The Morgan fingerprint density at radius 1 is 1.41 bits per heavy atom. The van der Waals surface area contributed by atoms with Crippen molar-refractivity contribution in [2.24, 2.45) is 5.92 Å². The van der Waals surface area contributed by atoms with Gasteiger partial charge >= 0.3 is 0 Å². The van der Waals surface area contributed by atoms with Crippen LogP contribution in [0.3, 0.4) is 0 Å². The van der Waals surface area contributed by atoms with Crippen molar-refractivity contribution >= 4 is 11.6 Å². The van der Waals surface area contributed by atoms with Crippen molar-refractivity contribution in [1.82, 2.24) is 4.90 Å². The molecule has 1 aliphatic heterocycles. The number of fused-ring (bicyclic) bond motifs is 1. The molecule has 0 spiro atoms. The van der Waals surface area contributed by atoms with E-state index in [1.807, 2.05) is 17.0 Å². The number of carbonyl (C=O) groups is 1. The van der Waals surface area contributed by atoms with E-state index in [1.165, 1.54) is 12.8 Å². The van der Waals surface area contributed by atoms with Gasteiger partial charge in [-0.1, -0.05) is 6.07 Å². The Morgan fingerprint density at radius 3 is 3.00 bits per heavy atom. The topological polar surface area (TPSA) is 55.6 Å². The fourth-order valence-electron chi connectivity index (χ4n) is 2.21. The summed E-state index contributed by atoms with van der Waals surface area (Å²) >= 11 is 0. The maximum absolute atomic E-state index is 12.4. The fourth-order valence-corrected chi connectivity index (χ4v) is 2.21. The van der Waals surface area contributed by atoms with Gasteiger partial charge in [-0.05, 0) is 30.9 Å². The molecular weight excluding hydrogens is 216 g/mol. The first-order chi connectivity index (χ1) is 8.25. The van der Waals surface area contributed by atoms with Crippen molar-refractivity contribution in [3.8, 4) is 5.75 Å². The van der Waals surface area contributed by atoms with Crippen LogP contribution in [0.25, 0.3) is 0 Å². The maximum atomic E-state index is 12.4. The molecule has 1 aromatic carbocycles. The van der Waals surface area contributed by atoms with Crippen LogP contribution in [0.2, 0.25) is 0 Å². The van der Waals surface area contributed by atoms with Crippen LogP contribution in [0.1, 0.15) is 23.2 Å². The molecule has 0 atom stereocenters. The number of nitrogen functional groups attached to an aromatic ring is 1. The molecular formula is C13H16N2O2. The van der Waals surface area contributed by atoms with Crippen LogP contribution in [-0.2, 0) is 0 Å². The predicted octanol–water partition coefficient (Wildman–Crippen LogP) is 1.51. The Balaban J connectivity index is 1.93. The third-order valence-electron chi connectivity index (χ3n) is 3.35. The van der Waals surface area contributed by atoms with Gasteiger partial charge < -0.3 is 15.4 Å². The number of amides is 1. The van der Waals surface area contributed by atoms with Gasteiger partial charge in [0.1, 0.15) is 17.9 Å². The van der Waals surface area contributed by atoms with Crippen LogP contribution < -0.4 is 10.5 Å². The van der Waals surface area contributed by atoms with E-state index in [4.69, 9.17) is 10.5 Å². The van der Waals surface area contributed by atoms with Crippen molar-refractivity contribution < 1.29 is 9.53 Å². The summed E-state index contributed by atoms with van der Waals surface area (Å²) in [4.78, 5) is 14.3. The minimum absolute atomic E-state index is 0.0162. The molecule has 1 heterocycles. The van der Waals surface area contributed by atoms with Gasteiger partial charge in [-0.15, -0.1) is 0 Å². The summed E-state index contributed by atoms with van der Waals surface area (Å²) in [6, 6.07) is 5.38. The number of hydrogen-bond acceptors (Lipinski definition) is 3. The van der Waals surface area contributed by atoms with E-state index in [-0.39, 0.29) is 5.91 Å². The molecule has 17 heavy (non-hydrogen) atoms. The van der Waals surface area contributed by atoms with Crippen molar-refractivity contribution in [1.29, 1.82) is 0 Å². The number of nitrogens with zero attached hydrogens (tertiary/aromatic N) is 1. The number of hydrogen-bond donors (Lipinski definition) is 1. The normalized spacial score (nSPS) is 19.5. The first-order valence-electron chi connectivity index (χ1n) is 6.06. The largest absolute Gasteiger partial charge is 0.491 e. The van der Waals surface area contributed by atoms with E-state index in [2.05, 4.69) is 0 Å². The molecule has 4 nitrogen and oxygen atoms in total. The van der Waals surface area contributed by atoms with E-state index in [1.54, 1.807) is 6.07 Å². The van der Waals surface area contributed by atoms with E-state index in [9.17, 15) is 4.79 Å². The first-order valence-corrected chi connectivity index (χ1v) is 6.06. The van der Waals surface area contributed by atoms with Crippen molar-refractivity contribution in [2.75, 3.05) is 25.4 Å². The Bertz CT molecular complexity index is 455. The van der Waals surface area contributed by atoms with Gasteiger partial charge in [-0.3, -0.25) is 4.79 Å². The lowest BCUT2D eigenvalue weighted by atomic mass is 10.1. The lowest BCUT2D eigenvalue weighted by molar-refractivity contribution is 0.0748. The standard InChI is InChI=1S/C13H16N2O2/c14-10-2-1-3-11-12(10)13(16)15(6-7-17-11)8-9-4-5-9/h1-3,9H,4-8,14H2. The molecule has 1 aromatic rings. The van der Waals surface area contributed by atoms with Gasteiger partial charge in [-0.2, -0.15) is 0 Å². The molecule has 1 aliphatic carbocycles. The van der Waals surface area contributed by atoms with Crippen LogP contribution >= 0.6 is 0 Å². The zero-order chi connectivity index (χ0) is 11.8. The van der Waals surface area contributed by atoms with Gasteiger partial charge in [-0.25, -0.2) is 0 Å². The molecule has 2 N–H and O–H groups in total. The lowest BCUT2D eigenvalue weighted by Crippen LogP contribution is -2.34. The molecule has 3 rings (SSSR count). The van der Waals surface area contributed by atoms with Crippen LogP contribution in [0.5, 0.6) is 5.75 Å². The number of ether oxygens (including phenoxy) is 1. The molecule has 1 fully saturated rings. The van der Waals surface area contributed by atoms with Gasteiger partial charge in [0.2, 0.25) is 0 Å². The molecule has 4 heteroatoms. The molecule has 90 valence electrons. The number of nitrogens with two attached hydrogens (primary N) is 1. The fraction of sp³-hybridized carbons (Fsp3) is 0.462. The minimum Gasteiger partial charge on any atom is -0.491 e. The van der Waals surface area contributed by atoms with Crippen molar-refractivity contribution in [3.05, 3.63) is 23.8 Å². The average Bonchev–Trinajstić information content (AvgIpc) is 3.11. The Morgan fingerprint density at radius 2 is 2.24 bits per heavy atom. The van der Waals surface area contributed by atoms with Crippen LogP contribution in [0.4, 0.5) is 5.69 Å². The van der Waals surface area contributed by atoms with Crippen LogP contribution in [0, 0.1) is 5.92 Å². The number of rotatable bonds is 2. The summed E-state index contributed by atoms with van der Waals surface area (Å²) in [7, 11) is 0. The molecule has 1 amide bonds. The van der Waals surface area contributed by atoms with Gasteiger partial charge in [0, 0.05) is 12.2 Å². The Kier molecular flexibility index (Phi) is 2.42. The maximum Gasteiger partial charge on any atom is 0.259 e. The minimum atomic E-state index is 0.0162. The second-order valence-electron chi connectivity index (χ2n) is 4.76. The van der Waals surface area contributed by atoms with Crippen LogP contribution in [-0.4, -0.2) is 30.5 Å². The SMILES string of the molecule is Nc1cccc2c1C(=O)N(CC1CC1)CCO2. The zero-order valence-electron chi connectivity index (χ0n) is 9.69. The summed E-state index contributed by atoms with van der Waals surface area (Å²) in [6.07, 6.45) is 2.48. The highest BCUT2D eigenvalue weighted by atomic mass is 16.5. The molecule has 0 radical (unpaired) electrons. The zero-order valence-corrected chi connectivity index (χ0v) is 9.69. The third kappa shape index (κ3) is 1.95. The monoisotopic (exact) mass is 232 g/mol. The highest BCUT2D eigenvalue weighted by molar-refractivity contribution is 6.02. The third-order valence-corrected chi connectivity index (χ3v) is 3.35. The van der Waals surface area contributed by atoms with Gasteiger partial charge in [0.05, 0.1) is 6.54 Å². The predicted molar refractivity (Wildman–Crippen MR) is 65.0 cm³/mol. The first kappa shape index (κ1) is 10.4. The number of benzene rings is 1. The average molecular weight is 232 g/mol. The molecule has 0 unspecified atom stereocenters. The van der Waals surface area contributed by atoms with Gasteiger partial charge in [0.25, 0.3) is 5.91 Å². The highest BCUT2D eigenvalue weighted by Gasteiger charge is 2.30. The smallest absolute Gasteiger partial charge is 0.259 e. The van der Waals surface area contributed by atoms with E-state index in [0.717, 1.165) is 6.54 Å². The number of carbonyl (C=O) groups excluding carboxylic acids is 1. The Hall–Kier alpha value is -1.71. The number of anilines is 1. The van der Waals surface area contributed by atoms with Crippen molar-refractivity contribution in [3.63, 3.8) is 0 Å². The molecule has 0 aromatic heterocycles. The van der Waals surface area contributed by atoms with Crippen molar-refractivity contribution in [2.45, 2.75) is 12.8 Å². The molecule has 0 bridgehead atoms. The summed E-state index contributed by atoms with van der Waals surface area (Å²) in [5.74, 6) is 1.32. The lowest BCUT2D eigenvalue weighted by Gasteiger charge is -2.19. The quantitative estimate of drug-likeness (QED) is 0.786. The highest BCUT2D eigenvalue weighted by Crippen LogP contribution is 2.33. The molecule has 0 saturated heterocycles. The summed E-state index contributed by atoms with van der Waals surface area (Å²) in [5, 5.41) is 0. The summed E-state index contributed by atoms with van der Waals surface area (Å²) in [6.45, 7) is 2.05. The second kappa shape index (κ2) is 3.95. The summed E-state index contributed by atoms with van der Waals surface area (Å²) < 4.78 is 5.59. The van der Waals surface area contributed by atoms with E-state index >= 15 is 0 Å². The van der Waals surface area contributed by atoms with E-state index < -0.39 is 0 Å². The van der Waals surface area contributed by atoms with Crippen LogP contribution in [0.15, 0.2) is 18.2 Å². The second-order valence-corrected chi connectivity index (χ2v) is 4.76. The summed E-state index contributed by atoms with van der Waals surface area (Å²) in [5.41, 5.74) is 6.92. The Labute approximate surface area is 100 Å². The molecule has 1 saturated carbocycles. The molecule has 2 aliphatic rings.